The second-order valence-corrected chi connectivity index (χ2v) is 4.61. The van der Waals surface area contributed by atoms with E-state index in [0.29, 0.717) is 24.4 Å². The van der Waals surface area contributed by atoms with Crippen molar-refractivity contribution in [2.45, 2.75) is 6.92 Å². The first-order valence-electron chi connectivity index (χ1n) is 6.74. The molecule has 0 unspecified atom stereocenters. The lowest BCUT2D eigenvalue weighted by Gasteiger charge is -2.11. The lowest BCUT2D eigenvalue weighted by atomic mass is 10.1. The van der Waals surface area contributed by atoms with Gasteiger partial charge < -0.3 is 15.5 Å². The lowest BCUT2D eigenvalue weighted by Crippen LogP contribution is -2.29. The quantitative estimate of drug-likeness (QED) is 0.431. The lowest BCUT2D eigenvalue weighted by molar-refractivity contribution is 0.0948. The highest BCUT2D eigenvalue weighted by Crippen LogP contribution is 2.16. The number of ether oxygens (including phenoxy) is 1. The van der Waals surface area contributed by atoms with Crippen molar-refractivity contribution in [1.29, 1.82) is 0 Å². The van der Waals surface area contributed by atoms with Crippen LogP contribution < -0.4 is 21.3 Å². The number of amides is 1. The molecule has 1 amide bonds. The third-order valence-electron chi connectivity index (χ3n) is 2.97. The van der Waals surface area contributed by atoms with Crippen LogP contribution in [0, 0.1) is 6.92 Å². The molecule has 0 saturated carbocycles. The van der Waals surface area contributed by atoms with Crippen molar-refractivity contribution in [3.8, 4) is 5.75 Å². The van der Waals surface area contributed by atoms with E-state index in [4.69, 9.17) is 10.6 Å². The number of benzene rings is 2. The molecule has 21 heavy (non-hydrogen) atoms. The molecule has 5 heteroatoms. The summed E-state index contributed by atoms with van der Waals surface area (Å²) in [7, 11) is 0. The maximum absolute atomic E-state index is 12.1. The van der Waals surface area contributed by atoms with E-state index >= 15 is 0 Å². The Morgan fingerprint density at radius 2 is 1.95 bits per heavy atom. The van der Waals surface area contributed by atoms with Gasteiger partial charge in [-0.1, -0.05) is 24.3 Å². The van der Waals surface area contributed by atoms with Crippen LogP contribution in [-0.4, -0.2) is 19.1 Å². The molecule has 0 spiro atoms. The van der Waals surface area contributed by atoms with Crippen molar-refractivity contribution >= 4 is 11.6 Å². The standard InChI is InChI=1S/C16H19N3O2/c1-12-7-8-14(15(11-12)19-17)16(20)18-9-10-21-13-5-3-2-4-6-13/h2-8,11,19H,9-10,17H2,1H3,(H,18,20). The van der Waals surface area contributed by atoms with Crippen LogP contribution in [0.1, 0.15) is 15.9 Å². The average Bonchev–Trinajstić information content (AvgIpc) is 2.52. The van der Waals surface area contributed by atoms with Gasteiger partial charge in [0.1, 0.15) is 12.4 Å². The minimum atomic E-state index is -0.181. The number of nitrogens with one attached hydrogen (secondary N) is 2. The monoisotopic (exact) mass is 285 g/mol. The van der Waals surface area contributed by atoms with E-state index in [1.54, 1.807) is 6.07 Å². The van der Waals surface area contributed by atoms with Crippen LogP contribution in [-0.2, 0) is 0 Å². The second-order valence-electron chi connectivity index (χ2n) is 4.61. The number of nitrogen functional groups attached to an aromatic ring is 1. The molecule has 0 aliphatic rings. The highest BCUT2D eigenvalue weighted by atomic mass is 16.5. The van der Waals surface area contributed by atoms with Gasteiger partial charge in [-0.15, -0.1) is 0 Å². The minimum absolute atomic E-state index is 0.181. The highest BCUT2D eigenvalue weighted by Gasteiger charge is 2.10. The number of nitrogens with two attached hydrogens (primary N) is 1. The van der Waals surface area contributed by atoms with E-state index in [0.717, 1.165) is 11.3 Å². The zero-order chi connectivity index (χ0) is 15.1. The molecule has 0 bridgehead atoms. The van der Waals surface area contributed by atoms with Crippen LogP contribution >= 0.6 is 0 Å². The van der Waals surface area contributed by atoms with Crippen LogP contribution in [0.15, 0.2) is 48.5 Å². The Hall–Kier alpha value is -2.53. The molecule has 0 fully saturated rings. The summed E-state index contributed by atoms with van der Waals surface area (Å²) in [4.78, 5) is 12.1. The van der Waals surface area contributed by atoms with E-state index in [2.05, 4.69) is 10.7 Å². The maximum Gasteiger partial charge on any atom is 0.253 e. The molecule has 0 radical (unpaired) electrons. The topological polar surface area (TPSA) is 76.4 Å². The van der Waals surface area contributed by atoms with Crippen molar-refractivity contribution in [2.24, 2.45) is 5.84 Å². The zero-order valence-corrected chi connectivity index (χ0v) is 11.9. The Bertz CT molecular complexity index is 600. The first-order valence-corrected chi connectivity index (χ1v) is 6.74. The van der Waals surface area contributed by atoms with E-state index in [-0.39, 0.29) is 5.91 Å². The predicted molar refractivity (Wildman–Crippen MR) is 83.3 cm³/mol. The number of anilines is 1. The highest BCUT2D eigenvalue weighted by molar-refractivity contribution is 5.99. The van der Waals surface area contributed by atoms with Gasteiger partial charge in [0.2, 0.25) is 0 Å². The van der Waals surface area contributed by atoms with Crippen LogP contribution in [0.2, 0.25) is 0 Å². The van der Waals surface area contributed by atoms with Gasteiger partial charge >= 0.3 is 0 Å². The number of carbonyl (C=O) groups excluding carboxylic acids is 1. The van der Waals surface area contributed by atoms with E-state index in [1.165, 1.54) is 0 Å². The average molecular weight is 285 g/mol. The summed E-state index contributed by atoms with van der Waals surface area (Å²) in [5.41, 5.74) is 4.70. The molecule has 0 saturated heterocycles. The number of para-hydroxylation sites is 1. The van der Waals surface area contributed by atoms with Gasteiger partial charge in [-0.05, 0) is 36.8 Å². The van der Waals surface area contributed by atoms with Crippen molar-refractivity contribution in [3.05, 3.63) is 59.7 Å². The Morgan fingerprint density at radius 1 is 1.19 bits per heavy atom. The molecule has 110 valence electrons. The molecule has 2 aromatic carbocycles. The minimum Gasteiger partial charge on any atom is -0.492 e. The summed E-state index contributed by atoms with van der Waals surface area (Å²) < 4.78 is 5.51. The van der Waals surface area contributed by atoms with Crippen LogP contribution in [0.3, 0.4) is 0 Å². The van der Waals surface area contributed by atoms with Crippen molar-refractivity contribution in [2.75, 3.05) is 18.6 Å². The third kappa shape index (κ3) is 4.22. The number of hydrogen-bond acceptors (Lipinski definition) is 4. The summed E-state index contributed by atoms with van der Waals surface area (Å²) >= 11 is 0. The second kappa shape index (κ2) is 7.31. The SMILES string of the molecule is Cc1ccc(C(=O)NCCOc2ccccc2)c(NN)c1. The first-order chi connectivity index (χ1) is 10.2. The van der Waals surface area contributed by atoms with Crippen LogP contribution in [0.25, 0.3) is 0 Å². The predicted octanol–water partition coefficient (Wildman–Crippen LogP) is 2.09. The van der Waals surface area contributed by atoms with Crippen LogP contribution in [0.5, 0.6) is 5.75 Å². The number of aryl methyl sites for hydroxylation is 1. The molecule has 0 heterocycles. The Kier molecular flexibility index (Phi) is 5.17. The summed E-state index contributed by atoms with van der Waals surface area (Å²) in [6.45, 7) is 2.77. The number of hydrogen-bond donors (Lipinski definition) is 3. The molecule has 2 aromatic rings. The molecule has 2 rings (SSSR count). The normalized spacial score (nSPS) is 10.0. The summed E-state index contributed by atoms with van der Waals surface area (Å²) in [5.74, 6) is 6.04. The Morgan fingerprint density at radius 3 is 2.67 bits per heavy atom. The summed E-state index contributed by atoms with van der Waals surface area (Å²) in [6.07, 6.45) is 0. The third-order valence-corrected chi connectivity index (χ3v) is 2.97. The van der Waals surface area contributed by atoms with Gasteiger partial charge in [0.25, 0.3) is 5.91 Å². The molecule has 5 nitrogen and oxygen atoms in total. The molecule has 4 N–H and O–H groups in total. The van der Waals surface area contributed by atoms with Crippen molar-refractivity contribution < 1.29 is 9.53 Å². The summed E-state index contributed by atoms with van der Waals surface area (Å²) in [5, 5.41) is 2.80. The van der Waals surface area contributed by atoms with Gasteiger partial charge in [0.05, 0.1) is 17.8 Å². The van der Waals surface area contributed by atoms with E-state index in [9.17, 15) is 4.79 Å². The molecular formula is C16H19N3O2. The fourth-order valence-corrected chi connectivity index (χ4v) is 1.92. The molecule has 0 aliphatic carbocycles. The largest absolute Gasteiger partial charge is 0.492 e. The fourth-order valence-electron chi connectivity index (χ4n) is 1.92. The number of carbonyl (C=O) groups is 1. The summed E-state index contributed by atoms with van der Waals surface area (Å²) in [6, 6.07) is 14.9. The van der Waals surface area contributed by atoms with Gasteiger partial charge in [0, 0.05) is 0 Å². The zero-order valence-electron chi connectivity index (χ0n) is 11.9. The van der Waals surface area contributed by atoms with E-state index in [1.807, 2.05) is 49.4 Å². The molecule has 0 atom stereocenters. The van der Waals surface area contributed by atoms with Gasteiger partial charge in [-0.25, -0.2) is 0 Å². The fraction of sp³-hybridized carbons (Fsp3) is 0.188. The first kappa shape index (κ1) is 14.9. The van der Waals surface area contributed by atoms with Crippen molar-refractivity contribution in [1.82, 2.24) is 5.32 Å². The number of hydrazine groups is 1. The Balaban J connectivity index is 1.85. The smallest absolute Gasteiger partial charge is 0.253 e. The van der Waals surface area contributed by atoms with Gasteiger partial charge in [-0.3, -0.25) is 10.6 Å². The maximum atomic E-state index is 12.1. The molecule has 0 aromatic heterocycles. The van der Waals surface area contributed by atoms with E-state index < -0.39 is 0 Å². The molecular weight excluding hydrogens is 266 g/mol. The Labute approximate surface area is 124 Å². The van der Waals surface area contributed by atoms with Crippen LogP contribution in [0.4, 0.5) is 5.69 Å². The number of rotatable bonds is 6. The molecule has 0 aliphatic heterocycles. The van der Waals surface area contributed by atoms with Gasteiger partial charge in [-0.2, -0.15) is 0 Å². The van der Waals surface area contributed by atoms with Gasteiger partial charge in [0.15, 0.2) is 0 Å². The van der Waals surface area contributed by atoms with Crippen molar-refractivity contribution in [3.63, 3.8) is 0 Å².